The molecule has 18 heavy (non-hydrogen) atoms. The molecule has 8 nitrogen and oxygen atoms in total. The number of amides is 1. The molecule has 0 fully saturated rings. The molecule has 0 saturated heterocycles. The highest BCUT2D eigenvalue weighted by Crippen LogP contribution is 2.09. The number of H-pyrrole nitrogens is 1. The molecule has 0 aliphatic rings. The average molecular weight is 249 g/mol. The number of rotatable bonds is 5. The first-order valence-corrected chi connectivity index (χ1v) is 5.64. The van der Waals surface area contributed by atoms with Crippen LogP contribution in [0.5, 0.6) is 0 Å². The largest absolute Gasteiger partial charge is 0.367 e. The standard InChI is InChI=1S/C10H15N7O/c1-2-7(17-5-3-4-13-17)9(18)12-6-8-14-10(11)16-15-8/h3-5,7H,2,6H2,1H3,(H,12,18)(H3,11,14,15,16). The smallest absolute Gasteiger partial charge is 0.245 e. The Morgan fingerprint density at radius 3 is 3.06 bits per heavy atom. The van der Waals surface area contributed by atoms with E-state index in [9.17, 15) is 4.79 Å². The highest BCUT2D eigenvalue weighted by molar-refractivity contribution is 5.79. The van der Waals surface area contributed by atoms with Gasteiger partial charge in [0.25, 0.3) is 0 Å². The Morgan fingerprint density at radius 1 is 1.67 bits per heavy atom. The molecule has 0 spiro atoms. The lowest BCUT2D eigenvalue weighted by atomic mass is 10.2. The third-order valence-corrected chi connectivity index (χ3v) is 2.51. The maximum atomic E-state index is 12.0. The molecule has 96 valence electrons. The predicted molar refractivity (Wildman–Crippen MR) is 64.2 cm³/mol. The number of nitrogen functional groups attached to an aromatic ring is 1. The predicted octanol–water partition coefficient (Wildman–Crippen LogP) is -0.149. The van der Waals surface area contributed by atoms with Crippen LogP contribution in [0.3, 0.4) is 0 Å². The van der Waals surface area contributed by atoms with E-state index in [0.29, 0.717) is 12.2 Å². The number of anilines is 1. The molecular formula is C10H15N7O. The molecular weight excluding hydrogens is 234 g/mol. The van der Waals surface area contributed by atoms with Crippen molar-refractivity contribution >= 4 is 11.9 Å². The molecule has 0 aliphatic carbocycles. The fourth-order valence-corrected chi connectivity index (χ4v) is 1.64. The number of nitrogens with two attached hydrogens (primary N) is 1. The minimum absolute atomic E-state index is 0.115. The summed E-state index contributed by atoms with van der Waals surface area (Å²) in [7, 11) is 0. The molecule has 0 aliphatic heterocycles. The average Bonchev–Trinajstić information content (AvgIpc) is 2.99. The molecule has 0 saturated carbocycles. The van der Waals surface area contributed by atoms with Crippen LogP contribution < -0.4 is 11.1 Å². The molecule has 2 rings (SSSR count). The van der Waals surface area contributed by atoms with Crippen LogP contribution in [-0.2, 0) is 11.3 Å². The Bertz CT molecular complexity index is 504. The highest BCUT2D eigenvalue weighted by Gasteiger charge is 2.18. The van der Waals surface area contributed by atoms with E-state index >= 15 is 0 Å². The minimum Gasteiger partial charge on any atom is -0.367 e. The van der Waals surface area contributed by atoms with E-state index < -0.39 is 0 Å². The van der Waals surface area contributed by atoms with Crippen molar-refractivity contribution in [3.05, 3.63) is 24.3 Å². The van der Waals surface area contributed by atoms with Crippen molar-refractivity contribution in [2.75, 3.05) is 5.73 Å². The molecule has 1 atom stereocenters. The van der Waals surface area contributed by atoms with E-state index in [1.54, 1.807) is 23.1 Å². The molecule has 0 bridgehead atoms. The number of nitrogens with one attached hydrogen (secondary N) is 2. The van der Waals surface area contributed by atoms with E-state index in [-0.39, 0.29) is 24.4 Å². The van der Waals surface area contributed by atoms with Crippen LogP contribution in [-0.4, -0.2) is 30.9 Å². The Balaban J connectivity index is 1.94. The van der Waals surface area contributed by atoms with Crippen LogP contribution in [0.2, 0.25) is 0 Å². The van der Waals surface area contributed by atoms with Gasteiger partial charge in [0.2, 0.25) is 11.9 Å². The summed E-state index contributed by atoms with van der Waals surface area (Å²) < 4.78 is 1.63. The maximum absolute atomic E-state index is 12.0. The number of hydrogen-bond donors (Lipinski definition) is 3. The third kappa shape index (κ3) is 2.65. The summed E-state index contributed by atoms with van der Waals surface area (Å²) in [6, 6.07) is 1.47. The van der Waals surface area contributed by atoms with E-state index in [0.717, 1.165) is 0 Å². The Hall–Kier alpha value is -2.38. The van der Waals surface area contributed by atoms with Gasteiger partial charge in [-0.15, -0.1) is 5.10 Å². The monoisotopic (exact) mass is 249 g/mol. The summed E-state index contributed by atoms with van der Waals surface area (Å²) in [6.07, 6.45) is 4.07. The van der Waals surface area contributed by atoms with Crippen molar-refractivity contribution in [2.45, 2.75) is 25.9 Å². The Labute approximate surface area is 104 Å². The van der Waals surface area contributed by atoms with Gasteiger partial charge in [0.1, 0.15) is 11.9 Å². The second-order valence-electron chi connectivity index (χ2n) is 3.77. The first-order valence-electron chi connectivity index (χ1n) is 5.64. The molecule has 2 aromatic rings. The van der Waals surface area contributed by atoms with E-state index in [1.165, 1.54) is 0 Å². The molecule has 8 heteroatoms. The minimum atomic E-state index is -0.319. The zero-order valence-electron chi connectivity index (χ0n) is 10.00. The SMILES string of the molecule is CCC(C(=O)NCc1nc(N)n[nH]1)n1cccn1. The van der Waals surface area contributed by atoms with Gasteiger partial charge in [-0.05, 0) is 12.5 Å². The van der Waals surface area contributed by atoms with Crippen molar-refractivity contribution in [3.8, 4) is 0 Å². The number of aromatic amines is 1. The molecule has 1 unspecified atom stereocenters. The van der Waals surface area contributed by atoms with E-state index in [1.807, 2.05) is 6.92 Å². The number of carbonyl (C=O) groups excluding carboxylic acids is 1. The van der Waals surface area contributed by atoms with Gasteiger partial charge in [-0.3, -0.25) is 14.6 Å². The fraction of sp³-hybridized carbons (Fsp3) is 0.400. The van der Waals surface area contributed by atoms with Crippen molar-refractivity contribution in [1.82, 2.24) is 30.3 Å². The summed E-state index contributed by atoms with van der Waals surface area (Å²) in [5.41, 5.74) is 5.37. The summed E-state index contributed by atoms with van der Waals surface area (Å²) >= 11 is 0. The van der Waals surface area contributed by atoms with Gasteiger partial charge >= 0.3 is 0 Å². The van der Waals surface area contributed by atoms with Gasteiger partial charge in [0, 0.05) is 12.4 Å². The van der Waals surface area contributed by atoms with E-state index in [4.69, 9.17) is 5.73 Å². The van der Waals surface area contributed by atoms with Crippen molar-refractivity contribution in [2.24, 2.45) is 0 Å². The molecule has 1 amide bonds. The number of nitrogens with zero attached hydrogens (tertiary/aromatic N) is 4. The zero-order valence-corrected chi connectivity index (χ0v) is 10.00. The van der Waals surface area contributed by atoms with Crippen molar-refractivity contribution in [1.29, 1.82) is 0 Å². The molecule has 2 aromatic heterocycles. The first kappa shape index (κ1) is 12.1. The molecule has 2 heterocycles. The quantitative estimate of drug-likeness (QED) is 0.681. The van der Waals surface area contributed by atoms with Crippen LogP contribution in [0.25, 0.3) is 0 Å². The summed E-state index contributed by atoms with van der Waals surface area (Å²) in [6.45, 7) is 2.19. The Morgan fingerprint density at radius 2 is 2.50 bits per heavy atom. The topological polar surface area (TPSA) is 115 Å². The zero-order chi connectivity index (χ0) is 13.0. The van der Waals surface area contributed by atoms with Gasteiger partial charge in [0.15, 0.2) is 0 Å². The van der Waals surface area contributed by atoms with Gasteiger partial charge in [-0.2, -0.15) is 10.1 Å². The van der Waals surface area contributed by atoms with Gasteiger partial charge in [-0.25, -0.2) is 0 Å². The van der Waals surface area contributed by atoms with Gasteiger partial charge < -0.3 is 11.1 Å². The van der Waals surface area contributed by atoms with Crippen LogP contribution in [0.4, 0.5) is 5.95 Å². The second kappa shape index (κ2) is 5.30. The van der Waals surface area contributed by atoms with Crippen LogP contribution in [0.1, 0.15) is 25.2 Å². The molecule has 4 N–H and O–H groups in total. The van der Waals surface area contributed by atoms with Crippen molar-refractivity contribution < 1.29 is 4.79 Å². The summed E-state index contributed by atoms with van der Waals surface area (Å²) in [4.78, 5) is 15.9. The first-order chi connectivity index (χ1) is 8.70. The van der Waals surface area contributed by atoms with Crippen LogP contribution >= 0.6 is 0 Å². The third-order valence-electron chi connectivity index (χ3n) is 2.51. The van der Waals surface area contributed by atoms with Crippen molar-refractivity contribution in [3.63, 3.8) is 0 Å². The summed E-state index contributed by atoms with van der Waals surface area (Å²) in [5.74, 6) is 0.575. The maximum Gasteiger partial charge on any atom is 0.245 e. The number of aromatic nitrogens is 5. The normalized spacial score (nSPS) is 12.3. The lowest BCUT2D eigenvalue weighted by Gasteiger charge is -2.14. The molecule has 0 radical (unpaired) electrons. The Kier molecular flexibility index (Phi) is 3.56. The van der Waals surface area contributed by atoms with Gasteiger partial charge in [-0.1, -0.05) is 6.92 Å². The lowest BCUT2D eigenvalue weighted by molar-refractivity contribution is -0.124. The number of hydrogen-bond acceptors (Lipinski definition) is 5. The van der Waals surface area contributed by atoms with Gasteiger partial charge in [0.05, 0.1) is 6.54 Å². The van der Waals surface area contributed by atoms with Crippen LogP contribution in [0, 0.1) is 0 Å². The summed E-state index contributed by atoms with van der Waals surface area (Å²) in [5, 5.41) is 13.1. The highest BCUT2D eigenvalue weighted by atomic mass is 16.2. The fourth-order valence-electron chi connectivity index (χ4n) is 1.64. The van der Waals surface area contributed by atoms with Crippen LogP contribution in [0.15, 0.2) is 18.5 Å². The number of carbonyl (C=O) groups is 1. The second-order valence-corrected chi connectivity index (χ2v) is 3.77. The molecule has 0 aromatic carbocycles. The lowest BCUT2D eigenvalue weighted by Crippen LogP contribution is -2.32. The van der Waals surface area contributed by atoms with E-state index in [2.05, 4.69) is 25.6 Å².